The smallest absolute Gasteiger partial charge is 0.335 e. The summed E-state index contributed by atoms with van der Waals surface area (Å²) in [7, 11) is 0. The van der Waals surface area contributed by atoms with Gasteiger partial charge in [0.05, 0.1) is 16.9 Å². The molecule has 1 fully saturated rings. The van der Waals surface area contributed by atoms with Crippen LogP contribution in [0.5, 0.6) is 23.3 Å². The van der Waals surface area contributed by atoms with E-state index in [9.17, 15) is 19.1 Å². The number of carbonyl (C=O) groups is 2. The average Bonchev–Trinajstić information content (AvgIpc) is 2.85. The van der Waals surface area contributed by atoms with Crippen LogP contribution < -0.4 is 14.8 Å². The maximum Gasteiger partial charge on any atom is 0.335 e. The number of amides is 2. The van der Waals surface area contributed by atoms with Gasteiger partial charge in [0.25, 0.3) is 0 Å². The number of pyridine rings is 1. The van der Waals surface area contributed by atoms with Crippen LogP contribution in [0.2, 0.25) is 0 Å². The maximum atomic E-state index is 13.3. The van der Waals surface area contributed by atoms with E-state index in [0.29, 0.717) is 55.5 Å². The molecule has 3 aromatic rings. The lowest BCUT2D eigenvalue weighted by Crippen LogP contribution is -2.48. The number of hydrogen-bond acceptors (Lipinski definition) is 6. The van der Waals surface area contributed by atoms with Gasteiger partial charge in [-0.3, -0.25) is 0 Å². The van der Waals surface area contributed by atoms with Crippen molar-refractivity contribution in [1.29, 1.82) is 0 Å². The zero-order valence-electron chi connectivity index (χ0n) is 21.2. The van der Waals surface area contributed by atoms with Gasteiger partial charge in [0.2, 0.25) is 11.8 Å². The van der Waals surface area contributed by atoms with E-state index in [4.69, 9.17) is 14.6 Å². The molecule has 0 bridgehead atoms. The first-order valence-electron chi connectivity index (χ1n) is 12.3. The molecule has 10 heteroatoms. The monoisotopic (exact) mass is 523 g/mol. The van der Waals surface area contributed by atoms with Crippen LogP contribution >= 0.6 is 0 Å². The van der Waals surface area contributed by atoms with Gasteiger partial charge in [0.15, 0.2) is 0 Å². The van der Waals surface area contributed by atoms with Gasteiger partial charge in [0, 0.05) is 25.2 Å². The van der Waals surface area contributed by atoms with E-state index in [1.807, 2.05) is 0 Å². The van der Waals surface area contributed by atoms with Crippen LogP contribution in [0.15, 0.2) is 60.7 Å². The SMILES string of the molecule is CC(C)CC1(O)CCN(C(=O)Nc2cc(Oc3ccc(F)cc3)nc(Oc3ccc(C(=O)O)cc3)c2)CC1. The molecule has 2 aromatic carbocycles. The van der Waals surface area contributed by atoms with Gasteiger partial charge in [-0.2, -0.15) is 4.98 Å². The molecule has 1 saturated heterocycles. The number of ether oxygens (including phenoxy) is 2. The summed E-state index contributed by atoms with van der Waals surface area (Å²) in [5.74, 6) is -0.268. The third kappa shape index (κ3) is 7.19. The molecule has 0 atom stereocenters. The normalized spacial score (nSPS) is 14.7. The number of anilines is 1. The molecule has 1 aliphatic rings. The number of urea groups is 1. The minimum absolute atomic E-state index is 0.0907. The average molecular weight is 524 g/mol. The highest BCUT2D eigenvalue weighted by molar-refractivity contribution is 5.90. The van der Waals surface area contributed by atoms with Crippen LogP contribution in [-0.2, 0) is 0 Å². The third-order valence-corrected chi connectivity index (χ3v) is 6.16. The molecule has 2 heterocycles. The van der Waals surface area contributed by atoms with Gasteiger partial charge >= 0.3 is 12.0 Å². The molecule has 0 saturated carbocycles. The molecular weight excluding hydrogens is 493 g/mol. The van der Waals surface area contributed by atoms with Crippen molar-refractivity contribution in [3.63, 3.8) is 0 Å². The Morgan fingerprint density at radius 3 is 2.03 bits per heavy atom. The van der Waals surface area contributed by atoms with Crippen LogP contribution in [0.25, 0.3) is 0 Å². The molecule has 38 heavy (non-hydrogen) atoms. The minimum Gasteiger partial charge on any atom is -0.478 e. The summed E-state index contributed by atoms with van der Waals surface area (Å²) in [6, 6.07) is 13.8. The number of aromatic carboxylic acids is 1. The van der Waals surface area contributed by atoms with Crippen LogP contribution in [0, 0.1) is 11.7 Å². The Morgan fingerprint density at radius 2 is 1.53 bits per heavy atom. The summed E-state index contributed by atoms with van der Waals surface area (Å²) in [5, 5.41) is 22.7. The number of aliphatic hydroxyl groups is 1. The summed E-state index contributed by atoms with van der Waals surface area (Å²) in [6.07, 6.45) is 1.67. The van der Waals surface area contributed by atoms with Crippen molar-refractivity contribution < 1.29 is 33.7 Å². The van der Waals surface area contributed by atoms with Gasteiger partial charge in [0.1, 0.15) is 17.3 Å². The predicted octanol–water partition coefficient (Wildman–Crippen LogP) is 5.91. The summed E-state index contributed by atoms with van der Waals surface area (Å²) >= 11 is 0. The van der Waals surface area contributed by atoms with Crippen LogP contribution in [0.3, 0.4) is 0 Å². The van der Waals surface area contributed by atoms with E-state index in [0.717, 1.165) is 0 Å². The molecule has 3 N–H and O–H groups in total. The van der Waals surface area contributed by atoms with Crippen molar-refractivity contribution in [2.45, 2.75) is 38.7 Å². The topological polar surface area (TPSA) is 121 Å². The number of carbonyl (C=O) groups excluding carboxylic acids is 1. The number of piperidine rings is 1. The fourth-order valence-corrected chi connectivity index (χ4v) is 4.36. The van der Waals surface area contributed by atoms with E-state index < -0.39 is 17.4 Å². The fraction of sp³-hybridized carbons (Fsp3) is 0.321. The number of rotatable bonds is 8. The standard InChI is InChI=1S/C28H30FN3O6/c1-18(2)17-28(36)11-13-32(14-12-28)27(35)30-21-15-24(37-22-7-3-19(4-8-22)26(33)34)31-25(16-21)38-23-9-5-20(29)6-10-23/h3-10,15-16,18,36H,11-14,17H2,1-2H3,(H,33,34)(H,30,31,35). The predicted molar refractivity (Wildman–Crippen MR) is 138 cm³/mol. The van der Waals surface area contributed by atoms with Crippen molar-refractivity contribution in [2.75, 3.05) is 18.4 Å². The van der Waals surface area contributed by atoms with Crippen LogP contribution in [0.4, 0.5) is 14.9 Å². The van der Waals surface area contributed by atoms with Crippen LogP contribution in [0.1, 0.15) is 43.5 Å². The Morgan fingerprint density at radius 1 is 1.00 bits per heavy atom. The first kappa shape index (κ1) is 26.9. The molecule has 200 valence electrons. The molecule has 2 amide bonds. The van der Waals surface area contributed by atoms with Crippen molar-refractivity contribution in [3.05, 3.63) is 72.0 Å². The maximum absolute atomic E-state index is 13.3. The summed E-state index contributed by atoms with van der Waals surface area (Å²) < 4.78 is 24.9. The van der Waals surface area contributed by atoms with E-state index in [1.54, 1.807) is 4.90 Å². The van der Waals surface area contributed by atoms with Crippen LogP contribution in [-0.4, -0.2) is 50.8 Å². The minimum atomic E-state index is -1.06. The second-order valence-corrected chi connectivity index (χ2v) is 9.76. The molecule has 4 rings (SSSR count). The number of aromatic nitrogens is 1. The number of hydrogen-bond donors (Lipinski definition) is 3. The van der Waals surface area contributed by atoms with Crippen molar-refractivity contribution in [1.82, 2.24) is 9.88 Å². The molecule has 1 aromatic heterocycles. The lowest BCUT2D eigenvalue weighted by molar-refractivity contribution is -0.0268. The Hall–Kier alpha value is -4.18. The number of halogens is 1. The zero-order valence-corrected chi connectivity index (χ0v) is 21.2. The highest BCUT2D eigenvalue weighted by atomic mass is 19.1. The Kier molecular flexibility index (Phi) is 8.11. The van der Waals surface area contributed by atoms with Gasteiger partial charge in [-0.15, -0.1) is 0 Å². The Balaban J connectivity index is 1.52. The number of nitrogens with zero attached hydrogens (tertiary/aromatic N) is 2. The molecule has 0 spiro atoms. The zero-order chi connectivity index (χ0) is 27.3. The molecule has 0 aliphatic carbocycles. The lowest BCUT2D eigenvalue weighted by atomic mass is 9.84. The van der Waals surface area contributed by atoms with Gasteiger partial charge in [-0.05, 0) is 73.7 Å². The van der Waals surface area contributed by atoms with Gasteiger partial charge in [-0.1, -0.05) is 13.8 Å². The summed E-state index contributed by atoms with van der Waals surface area (Å²) in [4.78, 5) is 30.1. The second kappa shape index (κ2) is 11.5. The summed E-state index contributed by atoms with van der Waals surface area (Å²) in [5.41, 5.74) is -0.314. The molecule has 9 nitrogen and oxygen atoms in total. The number of benzene rings is 2. The molecular formula is C28H30FN3O6. The summed E-state index contributed by atoms with van der Waals surface area (Å²) in [6.45, 7) is 4.95. The molecule has 0 radical (unpaired) electrons. The largest absolute Gasteiger partial charge is 0.478 e. The fourth-order valence-electron chi connectivity index (χ4n) is 4.36. The molecule has 0 unspecified atom stereocenters. The highest BCUT2D eigenvalue weighted by Crippen LogP contribution is 2.31. The Labute approximate surface area is 219 Å². The van der Waals surface area contributed by atoms with E-state index in [1.165, 1.54) is 60.7 Å². The quantitative estimate of drug-likeness (QED) is 0.336. The number of carboxylic acids is 1. The van der Waals surface area contributed by atoms with Crippen molar-refractivity contribution >= 4 is 17.7 Å². The first-order chi connectivity index (χ1) is 18.1. The molecule has 1 aliphatic heterocycles. The number of likely N-dealkylation sites (tertiary alicyclic amines) is 1. The number of carboxylic acid groups (broad SMARTS) is 1. The van der Waals surface area contributed by atoms with Crippen molar-refractivity contribution in [2.24, 2.45) is 5.92 Å². The first-order valence-corrected chi connectivity index (χ1v) is 12.3. The third-order valence-electron chi connectivity index (χ3n) is 6.16. The Bertz CT molecular complexity index is 1270. The van der Waals surface area contributed by atoms with Crippen molar-refractivity contribution in [3.8, 4) is 23.3 Å². The van der Waals surface area contributed by atoms with E-state index >= 15 is 0 Å². The van der Waals surface area contributed by atoms with E-state index in [2.05, 4.69) is 24.1 Å². The number of nitrogens with one attached hydrogen (secondary N) is 1. The van der Waals surface area contributed by atoms with Gasteiger partial charge < -0.3 is 29.9 Å². The second-order valence-electron chi connectivity index (χ2n) is 9.76. The lowest BCUT2D eigenvalue weighted by Gasteiger charge is -2.39. The van der Waals surface area contributed by atoms with Gasteiger partial charge in [-0.25, -0.2) is 14.0 Å². The highest BCUT2D eigenvalue weighted by Gasteiger charge is 2.34. The van der Waals surface area contributed by atoms with E-state index in [-0.39, 0.29) is 23.4 Å².